The van der Waals surface area contributed by atoms with E-state index < -0.39 is 10.6 Å². The lowest BCUT2D eigenvalue weighted by atomic mass is 10.4. The van der Waals surface area contributed by atoms with Gasteiger partial charge in [-0.1, -0.05) is 0 Å². The fourth-order valence-electron chi connectivity index (χ4n) is 1.09. The van der Waals surface area contributed by atoms with Crippen LogP contribution in [0.25, 0.3) is 0 Å². The number of hydrogen-bond acceptors (Lipinski definition) is 7. The van der Waals surface area contributed by atoms with E-state index in [2.05, 4.69) is 9.97 Å². The average Bonchev–Trinajstić information content (AvgIpc) is 2.17. The van der Waals surface area contributed by atoms with E-state index in [0.717, 1.165) is 6.33 Å². The van der Waals surface area contributed by atoms with Gasteiger partial charge in [-0.05, 0) is 6.92 Å². The van der Waals surface area contributed by atoms with Crippen LogP contribution in [0.3, 0.4) is 0 Å². The molecule has 0 spiro atoms. The van der Waals surface area contributed by atoms with Gasteiger partial charge in [0.2, 0.25) is 5.82 Å². The van der Waals surface area contributed by atoms with Gasteiger partial charge in [-0.25, -0.2) is 4.98 Å². The minimum Gasteiger partial charge on any atom is -0.467 e. The van der Waals surface area contributed by atoms with Crippen molar-refractivity contribution < 1.29 is 14.4 Å². The first-order valence-electron chi connectivity index (χ1n) is 4.46. The van der Waals surface area contributed by atoms with Gasteiger partial charge in [0, 0.05) is 7.11 Å². The van der Waals surface area contributed by atoms with Crippen LogP contribution in [0.2, 0.25) is 0 Å². The molecule has 0 radical (unpaired) electrons. The van der Waals surface area contributed by atoms with Gasteiger partial charge in [-0.15, -0.1) is 0 Å². The molecular formula is C8H12N4O4. The summed E-state index contributed by atoms with van der Waals surface area (Å²) in [5.41, 5.74) is 4.94. The number of rotatable bonds is 5. The second kappa shape index (κ2) is 5.21. The fourth-order valence-corrected chi connectivity index (χ4v) is 1.09. The van der Waals surface area contributed by atoms with E-state index in [-0.39, 0.29) is 17.8 Å². The number of ether oxygens (including phenoxy) is 2. The monoisotopic (exact) mass is 228 g/mol. The van der Waals surface area contributed by atoms with Crippen molar-refractivity contribution in [3.63, 3.8) is 0 Å². The number of anilines is 1. The molecule has 1 aromatic rings. The van der Waals surface area contributed by atoms with Gasteiger partial charge in [-0.3, -0.25) is 10.1 Å². The third-order valence-corrected chi connectivity index (χ3v) is 1.71. The number of nitrogen functional groups attached to an aromatic ring is 1. The molecule has 88 valence electrons. The average molecular weight is 228 g/mol. The number of nitrogens with zero attached hydrogens (tertiary/aromatic N) is 3. The summed E-state index contributed by atoms with van der Waals surface area (Å²) in [6.07, 6.45) is 0.745. The summed E-state index contributed by atoms with van der Waals surface area (Å²) in [6.45, 7) is 1.99. The maximum Gasteiger partial charge on any atom is 0.372 e. The third kappa shape index (κ3) is 2.76. The third-order valence-electron chi connectivity index (χ3n) is 1.71. The van der Waals surface area contributed by atoms with Gasteiger partial charge < -0.3 is 15.2 Å². The van der Waals surface area contributed by atoms with Gasteiger partial charge in [0.1, 0.15) is 12.4 Å². The van der Waals surface area contributed by atoms with E-state index in [0.29, 0.717) is 6.61 Å². The first-order chi connectivity index (χ1) is 7.56. The highest BCUT2D eigenvalue weighted by Gasteiger charge is 2.23. The van der Waals surface area contributed by atoms with Crippen LogP contribution >= 0.6 is 0 Å². The largest absolute Gasteiger partial charge is 0.467 e. The van der Waals surface area contributed by atoms with E-state index in [9.17, 15) is 10.1 Å². The minimum atomic E-state index is -0.676. The Morgan fingerprint density at radius 2 is 2.31 bits per heavy atom. The van der Waals surface area contributed by atoms with Gasteiger partial charge in [0.05, 0.1) is 11.5 Å². The zero-order valence-corrected chi connectivity index (χ0v) is 8.91. The van der Waals surface area contributed by atoms with Crippen LogP contribution in [0.15, 0.2) is 6.33 Å². The highest BCUT2D eigenvalue weighted by atomic mass is 16.6. The van der Waals surface area contributed by atoms with Crippen molar-refractivity contribution in [2.75, 3.05) is 19.5 Å². The molecule has 1 atom stereocenters. The normalized spacial score (nSPS) is 12.1. The van der Waals surface area contributed by atoms with E-state index in [4.69, 9.17) is 15.2 Å². The first-order valence-corrected chi connectivity index (χ1v) is 4.46. The molecule has 2 N–H and O–H groups in total. The Bertz CT molecular complexity index is 384. The van der Waals surface area contributed by atoms with Crippen LogP contribution in [-0.2, 0) is 4.74 Å². The standard InChI is InChI=1S/C8H12N4O4/c1-5(3-15-2)16-8-6(12(13)14)7(9)10-4-11-8/h4-5H,3H2,1-2H3,(H2,9,10,11). The van der Waals surface area contributed by atoms with E-state index >= 15 is 0 Å². The van der Waals surface area contributed by atoms with Crippen molar-refractivity contribution >= 4 is 11.5 Å². The Hall–Kier alpha value is -1.96. The molecule has 16 heavy (non-hydrogen) atoms. The summed E-state index contributed by atoms with van der Waals surface area (Å²) >= 11 is 0. The van der Waals surface area contributed by atoms with Crippen molar-refractivity contribution in [1.29, 1.82) is 0 Å². The smallest absolute Gasteiger partial charge is 0.372 e. The van der Waals surface area contributed by atoms with Crippen LogP contribution < -0.4 is 10.5 Å². The molecule has 0 aromatic carbocycles. The second-order valence-electron chi connectivity index (χ2n) is 3.05. The van der Waals surface area contributed by atoms with Crippen LogP contribution in [0.4, 0.5) is 11.5 Å². The summed E-state index contributed by atoms with van der Waals surface area (Å²) in [5.74, 6) is -0.373. The molecule has 0 amide bonds. The minimum absolute atomic E-state index is 0.151. The number of aromatic nitrogens is 2. The number of nitro groups is 1. The van der Waals surface area contributed by atoms with Crippen molar-refractivity contribution in [3.8, 4) is 5.88 Å². The molecule has 1 rings (SSSR count). The number of nitrogens with two attached hydrogens (primary N) is 1. The quantitative estimate of drug-likeness (QED) is 0.572. The van der Waals surface area contributed by atoms with Crippen LogP contribution in [-0.4, -0.2) is 34.7 Å². The Morgan fingerprint density at radius 3 is 2.88 bits per heavy atom. The molecule has 0 fully saturated rings. The lowest BCUT2D eigenvalue weighted by Crippen LogP contribution is -2.19. The maximum atomic E-state index is 10.7. The summed E-state index contributed by atoms with van der Waals surface area (Å²) in [5, 5.41) is 10.7. The summed E-state index contributed by atoms with van der Waals surface area (Å²) in [6, 6.07) is 0. The molecule has 0 saturated heterocycles. The highest BCUT2D eigenvalue weighted by Crippen LogP contribution is 2.28. The molecule has 0 saturated carbocycles. The highest BCUT2D eigenvalue weighted by molar-refractivity contribution is 5.57. The molecule has 1 heterocycles. The van der Waals surface area contributed by atoms with Crippen molar-refractivity contribution in [2.24, 2.45) is 0 Å². The Labute approximate surface area is 91.6 Å². The Morgan fingerprint density at radius 1 is 1.62 bits per heavy atom. The number of methoxy groups -OCH3 is 1. The summed E-state index contributed by atoms with van der Waals surface area (Å²) in [7, 11) is 1.50. The molecule has 0 aliphatic heterocycles. The zero-order chi connectivity index (χ0) is 12.1. The van der Waals surface area contributed by atoms with Gasteiger partial charge in [-0.2, -0.15) is 4.98 Å². The molecule has 8 nitrogen and oxygen atoms in total. The zero-order valence-electron chi connectivity index (χ0n) is 8.91. The Kier molecular flexibility index (Phi) is 3.95. The number of hydrogen-bond donors (Lipinski definition) is 1. The van der Waals surface area contributed by atoms with Crippen LogP contribution in [0.5, 0.6) is 5.88 Å². The first kappa shape index (κ1) is 12.1. The maximum absolute atomic E-state index is 10.7. The Balaban J connectivity index is 2.95. The molecule has 0 bridgehead atoms. The van der Waals surface area contributed by atoms with E-state index in [1.807, 2.05) is 0 Å². The SMILES string of the molecule is COCC(C)Oc1ncnc(N)c1[N+](=O)[O-]. The molecule has 0 aliphatic carbocycles. The molecular weight excluding hydrogens is 216 g/mol. The summed E-state index contributed by atoms with van der Waals surface area (Å²) in [4.78, 5) is 17.2. The predicted molar refractivity (Wildman–Crippen MR) is 55.1 cm³/mol. The van der Waals surface area contributed by atoms with Gasteiger partial charge in [0.15, 0.2) is 0 Å². The van der Waals surface area contributed by atoms with Crippen LogP contribution in [0, 0.1) is 10.1 Å². The van der Waals surface area contributed by atoms with Gasteiger partial charge in [0.25, 0.3) is 5.88 Å². The lowest BCUT2D eigenvalue weighted by Gasteiger charge is -2.12. The van der Waals surface area contributed by atoms with Crippen molar-refractivity contribution in [1.82, 2.24) is 9.97 Å². The fraction of sp³-hybridized carbons (Fsp3) is 0.500. The summed E-state index contributed by atoms with van der Waals surface area (Å²) < 4.78 is 10.1. The van der Waals surface area contributed by atoms with Gasteiger partial charge >= 0.3 is 5.69 Å². The predicted octanol–water partition coefficient (Wildman–Crippen LogP) is 0.381. The lowest BCUT2D eigenvalue weighted by molar-refractivity contribution is -0.385. The molecule has 0 aliphatic rings. The second-order valence-corrected chi connectivity index (χ2v) is 3.05. The molecule has 8 heteroatoms. The topological polar surface area (TPSA) is 113 Å². The molecule has 1 unspecified atom stereocenters. The van der Waals surface area contributed by atoms with Crippen LogP contribution in [0.1, 0.15) is 6.92 Å². The molecule has 1 aromatic heterocycles. The van der Waals surface area contributed by atoms with E-state index in [1.165, 1.54) is 7.11 Å². The van der Waals surface area contributed by atoms with E-state index in [1.54, 1.807) is 6.92 Å². The van der Waals surface area contributed by atoms with Crippen molar-refractivity contribution in [2.45, 2.75) is 13.0 Å². The van der Waals surface area contributed by atoms with Crippen molar-refractivity contribution in [3.05, 3.63) is 16.4 Å².